The molecule has 2 fully saturated rings. The van der Waals surface area contributed by atoms with E-state index in [4.69, 9.17) is 19.7 Å². The Morgan fingerprint density at radius 3 is 2.38 bits per heavy atom. The number of nitrogens with two attached hydrogens (primary N) is 1. The van der Waals surface area contributed by atoms with Gasteiger partial charge in [0.05, 0.1) is 19.0 Å². The molecule has 2 saturated heterocycles. The smallest absolute Gasteiger partial charge is 0.324 e. The summed E-state index contributed by atoms with van der Waals surface area (Å²) < 4.78 is 52.1. The number of ether oxygens (including phenoxy) is 2. The molecule has 3 aromatic rings. The maximum Gasteiger partial charge on any atom is 0.324 e. The lowest BCUT2D eigenvalue weighted by Crippen LogP contribution is -2.35. The Morgan fingerprint density at radius 1 is 1.03 bits per heavy atom. The number of hydrogen-bond donors (Lipinski definition) is 1. The van der Waals surface area contributed by atoms with Gasteiger partial charge in [-0.3, -0.25) is 0 Å². The average molecular weight is 522 g/mol. The minimum Gasteiger partial charge on any atom is -0.490 e. The Morgan fingerprint density at radius 2 is 1.76 bits per heavy atom. The Balaban J connectivity index is 0.000000301. The van der Waals surface area contributed by atoms with Gasteiger partial charge in [0.15, 0.2) is 23.2 Å². The number of methoxy groups -OCH3 is 1. The van der Waals surface area contributed by atoms with Crippen molar-refractivity contribution in [3.8, 4) is 5.75 Å². The molecule has 0 bridgehead atoms. The van der Waals surface area contributed by atoms with Crippen molar-refractivity contribution in [3.63, 3.8) is 0 Å². The molecule has 0 saturated carbocycles. The summed E-state index contributed by atoms with van der Waals surface area (Å²) in [6.45, 7) is 4.47. The SMILES string of the molecule is COCc1noc(N2CCC(COc3cnc(N4CCC(N)C4)nc3)CC2)n1.Fc1ccc(F)c(F)c1. The highest BCUT2D eigenvalue weighted by Crippen LogP contribution is 2.23. The molecule has 5 rings (SSSR count). The van der Waals surface area contributed by atoms with Gasteiger partial charge < -0.3 is 29.5 Å². The van der Waals surface area contributed by atoms with Crippen LogP contribution in [0.1, 0.15) is 25.1 Å². The van der Waals surface area contributed by atoms with Gasteiger partial charge in [-0.1, -0.05) is 5.16 Å². The fraction of sp³-hybridized carbons (Fsp3) is 0.500. The van der Waals surface area contributed by atoms with Crippen LogP contribution in [0.25, 0.3) is 0 Å². The summed E-state index contributed by atoms with van der Waals surface area (Å²) in [5.74, 6) is -0.478. The first kappa shape index (κ1) is 26.6. The van der Waals surface area contributed by atoms with Gasteiger partial charge in [-0.2, -0.15) is 4.98 Å². The molecule has 37 heavy (non-hydrogen) atoms. The van der Waals surface area contributed by atoms with Crippen molar-refractivity contribution >= 4 is 12.0 Å². The van der Waals surface area contributed by atoms with Crippen LogP contribution in [0.5, 0.6) is 5.75 Å². The molecule has 13 heteroatoms. The fourth-order valence-corrected chi connectivity index (χ4v) is 4.05. The normalized spacial score (nSPS) is 18.0. The van der Waals surface area contributed by atoms with Gasteiger partial charge in [0.1, 0.15) is 12.4 Å². The summed E-state index contributed by atoms with van der Waals surface area (Å²) in [4.78, 5) is 17.4. The topological polar surface area (TPSA) is 116 Å². The highest BCUT2D eigenvalue weighted by atomic mass is 19.2. The van der Waals surface area contributed by atoms with Crippen LogP contribution in [0.15, 0.2) is 35.1 Å². The van der Waals surface area contributed by atoms with Crippen LogP contribution in [0, 0.1) is 23.4 Å². The molecule has 0 radical (unpaired) electrons. The third kappa shape index (κ3) is 7.52. The first-order valence-corrected chi connectivity index (χ1v) is 12.0. The molecule has 10 nitrogen and oxygen atoms in total. The molecule has 0 aliphatic carbocycles. The number of piperidine rings is 1. The number of benzene rings is 1. The largest absolute Gasteiger partial charge is 0.490 e. The van der Waals surface area contributed by atoms with E-state index in [9.17, 15) is 13.2 Å². The second-order valence-electron chi connectivity index (χ2n) is 8.94. The van der Waals surface area contributed by atoms with E-state index in [0.29, 0.717) is 42.8 Å². The molecular formula is C24H30F3N7O3. The number of halogens is 3. The fourth-order valence-electron chi connectivity index (χ4n) is 4.05. The van der Waals surface area contributed by atoms with Gasteiger partial charge in [-0.15, -0.1) is 0 Å². The summed E-state index contributed by atoms with van der Waals surface area (Å²) >= 11 is 0. The molecule has 0 spiro atoms. The highest BCUT2D eigenvalue weighted by molar-refractivity contribution is 5.33. The predicted octanol–water partition coefficient (Wildman–Crippen LogP) is 2.94. The van der Waals surface area contributed by atoms with Crippen molar-refractivity contribution in [2.24, 2.45) is 11.7 Å². The van der Waals surface area contributed by atoms with Crippen LogP contribution >= 0.6 is 0 Å². The zero-order valence-electron chi connectivity index (χ0n) is 20.5. The van der Waals surface area contributed by atoms with Crippen LogP contribution in [-0.4, -0.2) is 66.0 Å². The van der Waals surface area contributed by atoms with Gasteiger partial charge in [-0.05, 0) is 37.3 Å². The van der Waals surface area contributed by atoms with Gasteiger partial charge >= 0.3 is 6.01 Å². The van der Waals surface area contributed by atoms with Gasteiger partial charge in [0, 0.05) is 45.4 Å². The zero-order chi connectivity index (χ0) is 26.2. The molecule has 1 atom stereocenters. The lowest BCUT2D eigenvalue weighted by atomic mass is 9.98. The Hall–Kier alpha value is -3.45. The quantitative estimate of drug-likeness (QED) is 0.465. The van der Waals surface area contributed by atoms with Gasteiger partial charge in [0.2, 0.25) is 5.95 Å². The monoisotopic (exact) mass is 521 g/mol. The van der Waals surface area contributed by atoms with E-state index < -0.39 is 17.5 Å². The van der Waals surface area contributed by atoms with Crippen molar-refractivity contribution in [2.75, 3.05) is 49.7 Å². The molecule has 2 N–H and O–H groups in total. The Labute approximate surface area is 212 Å². The minimum atomic E-state index is -1.16. The third-order valence-electron chi connectivity index (χ3n) is 6.11. The van der Waals surface area contributed by atoms with Gasteiger partial charge in [0.25, 0.3) is 0 Å². The van der Waals surface area contributed by atoms with Crippen molar-refractivity contribution in [3.05, 3.63) is 53.9 Å². The molecule has 200 valence electrons. The standard InChI is InChI=1S/C18H27N7O3.C6H3F3/c1-26-12-16-22-18(28-23-16)24-5-2-13(3-6-24)11-27-15-8-20-17(21-9-15)25-7-4-14(19)10-25;7-4-1-2-5(8)6(9)3-4/h8-9,13-14H,2-7,10-12,19H2,1H3;1-3H. The summed E-state index contributed by atoms with van der Waals surface area (Å²) in [6, 6.07) is 2.87. The number of hydrogen-bond acceptors (Lipinski definition) is 10. The van der Waals surface area contributed by atoms with Crippen LogP contribution in [-0.2, 0) is 11.3 Å². The zero-order valence-corrected chi connectivity index (χ0v) is 20.5. The van der Waals surface area contributed by atoms with E-state index in [-0.39, 0.29) is 6.04 Å². The summed E-state index contributed by atoms with van der Waals surface area (Å²) in [5.41, 5.74) is 5.94. The lowest BCUT2D eigenvalue weighted by Gasteiger charge is -2.30. The van der Waals surface area contributed by atoms with E-state index in [1.54, 1.807) is 19.5 Å². The lowest BCUT2D eigenvalue weighted by molar-refractivity contribution is 0.174. The molecule has 0 amide bonds. The summed E-state index contributed by atoms with van der Waals surface area (Å²) in [5, 5.41) is 3.91. The second kappa shape index (κ2) is 12.7. The molecule has 4 heterocycles. The van der Waals surface area contributed by atoms with Crippen molar-refractivity contribution in [1.82, 2.24) is 20.1 Å². The molecule has 1 aromatic carbocycles. The molecule has 1 unspecified atom stereocenters. The Bertz CT molecular complexity index is 1130. The highest BCUT2D eigenvalue weighted by Gasteiger charge is 2.24. The first-order chi connectivity index (χ1) is 17.9. The number of rotatable bonds is 7. The number of nitrogens with zero attached hydrogens (tertiary/aromatic N) is 6. The average Bonchev–Trinajstić information content (AvgIpc) is 3.56. The van der Waals surface area contributed by atoms with Crippen LogP contribution < -0.4 is 20.3 Å². The Kier molecular flexibility index (Phi) is 9.12. The molecule has 2 aromatic heterocycles. The molecule has 2 aliphatic rings. The second-order valence-corrected chi connectivity index (χ2v) is 8.94. The van der Waals surface area contributed by atoms with Crippen LogP contribution in [0.3, 0.4) is 0 Å². The number of anilines is 2. The van der Waals surface area contributed by atoms with Gasteiger partial charge in [-0.25, -0.2) is 23.1 Å². The van der Waals surface area contributed by atoms with Crippen molar-refractivity contribution in [1.29, 1.82) is 0 Å². The maximum atomic E-state index is 12.0. The first-order valence-electron chi connectivity index (χ1n) is 12.0. The minimum absolute atomic E-state index is 0.212. The maximum absolute atomic E-state index is 12.0. The molecular weight excluding hydrogens is 491 g/mol. The van der Waals surface area contributed by atoms with E-state index >= 15 is 0 Å². The van der Waals surface area contributed by atoms with Crippen molar-refractivity contribution in [2.45, 2.75) is 31.9 Å². The predicted molar refractivity (Wildman–Crippen MR) is 129 cm³/mol. The molecule has 2 aliphatic heterocycles. The van der Waals surface area contributed by atoms with E-state index in [1.165, 1.54) is 0 Å². The van der Waals surface area contributed by atoms with Crippen molar-refractivity contribution < 1.29 is 27.2 Å². The third-order valence-corrected chi connectivity index (χ3v) is 6.11. The van der Waals surface area contributed by atoms with Crippen LogP contribution in [0.4, 0.5) is 25.1 Å². The number of aromatic nitrogens is 4. The van der Waals surface area contributed by atoms with Crippen LogP contribution in [0.2, 0.25) is 0 Å². The summed E-state index contributed by atoms with van der Waals surface area (Å²) in [7, 11) is 1.61. The summed E-state index contributed by atoms with van der Waals surface area (Å²) in [6.07, 6.45) is 6.49. The van der Waals surface area contributed by atoms with E-state index in [2.05, 4.69) is 29.9 Å². The van der Waals surface area contributed by atoms with E-state index in [1.807, 2.05) is 0 Å². The van der Waals surface area contributed by atoms with E-state index in [0.717, 1.165) is 63.5 Å².